The molecule has 9 heteroatoms. The number of ether oxygens (including phenoxy) is 1. The summed E-state index contributed by atoms with van der Waals surface area (Å²) in [7, 11) is 1.47. The molecule has 1 heterocycles. The highest BCUT2D eigenvalue weighted by Gasteiger charge is 2.40. The van der Waals surface area contributed by atoms with Crippen LogP contribution in [0.15, 0.2) is 18.2 Å². The molecular weight excluding hydrogens is 353 g/mol. The van der Waals surface area contributed by atoms with Gasteiger partial charge in [-0.15, -0.1) is 0 Å². The molecule has 0 aromatic heterocycles. The number of likely N-dealkylation sites (N-methyl/N-ethyl adjacent to an activating group) is 1. The number of carbonyl (C=O) groups excluding carboxylic acids is 3. The summed E-state index contributed by atoms with van der Waals surface area (Å²) in [5.41, 5.74) is -0.400. The molecule has 136 valence electrons. The molecular formula is C16H19ClFN3O4. The second kappa shape index (κ2) is 6.87. The van der Waals surface area contributed by atoms with Crippen molar-refractivity contribution in [1.29, 1.82) is 0 Å². The van der Waals surface area contributed by atoms with E-state index in [4.69, 9.17) is 16.3 Å². The summed E-state index contributed by atoms with van der Waals surface area (Å²) in [5.74, 6) is -1.07. The van der Waals surface area contributed by atoms with Gasteiger partial charge in [0.05, 0.1) is 11.6 Å². The molecule has 1 aromatic rings. The van der Waals surface area contributed by atoms with Gasteiger partial charge in [-0.1, -0.05) is 11.6 Å². The number of rotatable bonds is 2. The molecule has 4 amide bonds. The lowest BCUT2D eigenvalue weighted by Gasteiger charge is -2.23. The van der Waals surface area contributed by atoms with Crippen LogP contribution in [0.25, 0.3) is 0 Å². The molecule has 7 nitrogen and oxygen atoms in total. The first-order chi connectivity index (χ1) is 11.5. The Kier molecular flexibility index (Phi) is 5.22. The third-order valence-corrected chi connectivity index (χ3v) is 3.73. The summed E-state index contributed by atoms with van der Waals surface area (Å²) in [6.45, 7) is 4.86. The summed E-state index contributed by atoms with van der Waals surface area (Å²) in [6, 6.07) is 2.19. The smallest absolute Gasteiger partial charge is 0.418 e. The first-order valence-corrected chi connectivity index (χ1v) is 7.91. The van der Waals surface area contributed by atoms with E-state index in [1.807, 2.05) is 0 Å². The molecule has 1 aliphatic heterocycles. The lowest BCUT2D eigenvalue weighted by Crippen LogP contribution is -2.44. The van der Waals surface area contributed by atoms with Crippen molar-refractivity contribution in [2.45, 2.75) is 32.4 Å². The van der Waals surface area contributed by atoms with Gasteiger partial charge in [0, 0.05) is 12.7 Å². The van der Waals surface area contributed by atoms with Crippen LogP contribution in [-0.2, 0) is 9.53 Å². The topological polar surface area (TPSA) is 79.0 Å². The molecule has 1 unspecified atom stereocenters. The molecule has 0 spiro atoms. The fraction of sp³-hybridized carbons (Fsp3) is 0.438. The van der Waals surface area contributed by atoms with Crippen LogP contribution in [0.5, 0.6) is 0 Å². The quantitative estimate of drug-likeness (QED) is 0.867. The number of hydrogen-bond donors (Lipinski definition) is 1. The highest BCUT2D eigenvalue weighted by molar-refractivity contribution is 6.31. The van der Waals surface area contributed by atoms with Crippen LogP contribution in [0.1, 0.15) is 20.8 Å². The Morgan fingerprint density at radius 2 is 2.04 bits per heavy atom. The average molecular weight is 372 g/mol. The van der Waals surface area contributed by atoms with Crippen LogP contribution in [-0.4, -0.2) is 48.2 Å². The first-order valence-electron chi connectivity index (χ1n) is 7.53. The van der Waals surface area contributed by atoms with E-state index < -0.39 is 35.5 Å². The van der Waals surface area contributed by atoms with Gasteiger partial charge < -0.3 is 15.0 Å². The van der Waals surface area contributed by atoms with E-state index in [1.165, 1.54) is 24.1 Å². The summed E-state index contributed by atoms with van der Waals surface area (Å²) in [4.78, 5) is 38.6. The number of amides is 4. The van der Waals surface area contributed by atoms with Crippen molar-refractivity contribution < 1.29 is 23.5 Å². The van der Waals surface area contributed by atoms with Gasteiger partial charge in [-0.2, -0.15) is 0 Å². The maximum atomic E-state index is 13.2. The molecule has 1 atom stereocenters. The third-order valence-electron chi connectivity index (χ3n) is 3.44. The minimum atomic E-state index is -0.936. The van der Waals surface area contributed by atoms with Crippen LogP contribution in [0, 0.1) is 5.82 Å². The zero-order chi connectivity index (χ0) is 18.9. The van der Waals surface area contributed by atoms with Crippen molar-refractivity contribution in [3.8, 4) is 0 Å². The molecule has 0 aliphatic carbocycles. The average Bonchev–Trinajstić information content (AvgIpc) is 2.89. The lowest BCUT2D eigenvalue weighted by atomic mass is 10.2. The highest BCUT2D eigenvalue weighted by Crippen LogP contribution is 2.23. The largest absolute Gasteiger partial charge is 0.443 e. The minimum absolute atomic E-state index is 0.122. The van der Waals surface area contributed by atoms with Crippen molar-refractivity contribution in [2.24, 2.45) is 0 Å². The van der Waals surface area contributed by atoms with E-state index in [9.17, 15) is 18.8 Å². The zero-order valence-electron chi connectivity index (χ0n) is 14.3. The molecule has 0 bridgehead atoms. The highest BCUT2D eigenvalue weighted by atomic mass is 35.5. The van der Waals surface area contributed by atoms with Crippen LogP contribution < -0.4 is 10.2 Å². The SMILES string of the molecule is CN(C(=O)C1CN(C(=O)OC(C)(C)C)C(=O)N1)c1ccc(F)c(Cl)c1. The van der Waals surface area contributed by atoms with E-state index in [0.717, 1.165) is 11.0 Å². The molecule has 2 rings (SSSR count). The second-order valence-corrected chi connectivity index (χ2v) is 7.00. The number of carbonyl (C=O) groups is 3. The lowest BCUT2D eigenvalue weighted by molar-refractivity contribution is -0.119. The number of hydrogen-bond acceptors (Lipinski definition) is 4. The van der Waals surface area contributed by atoms with Crippen LogP contribution >= 0.6 is 11.6 Å². The Bertz CT molecular complexity index is 720. The van der Waals surface area contributed by atoms with Gasteiger partial charge >= 0.3 is 12.1 Å². The second-order valence-electron chi connectivity index (χ2n) is 6.59. The van der Waals surface area contributed by atoms with Crippen molar-refractivity contribution in [3.63, 3.8) is 0 Å². The maximum absolute atomic E-state index is 13.2. The van der Waals surface area contributed by atoms with Gasteiger partial charge in [0.1, 0.15) is 17.5 Å². The molecule has 0 radical (unpaired) electrons. The number of nitrogens with one attached hydrogen (secondary N) is 1. The Labute approximate surface area is 149 Å². The standard InChI is InChI=1S/C16H19ClFN3O4/c1-16(2,3)25-15(24)21-8-12(19-14(21)23)13(22)20(4)9-5-6-11(18)10(17)7-9/h5-7,12H,8H2,1-4H3,(H,19,23). The first kappa shape index (κ1) is 19.0. The number of nitrogens with zero attached hydrogens (tertiary/aromatic N) is 2. The molecule has 1 N–H and O–H groups in total. The predicted octanol–water partition coefficient (Wildman–Crippen LogP) is 2.77. The van der Waals surface area contributed by atoms with E-state index in [2.05, 4.69) is 5.32 Å². The molecule has 1 saturated heterocycles. The number of urea groups is 1. The molecule has 0 saturated carbocycles. The number of benzene rings is 1. The van der Waals surface area contributed by atoms with Gasteiger partial charge in [0.25, 0.3) is 5.91 Å². The molecule has 1 aliphatic rings. The van der Waals surface area contributed by atoms with Crippen molar-refractivity contribution in [3.05, 3.63) is 29.0 Å². The minimum Gasteiger partial charge on any atom is -0.443 e. The van der Waals surface area contributed by atoms with Crippen molar-refractivity contribution in [1.82, 2.24) is 10.2 Å². The van der Waals surface area contributed by atoms with Gasteiger partial charge in [0.2, 0.25) is 0 Å². The normalized spacial score (nSPS) is 17.3. The van der Waals surface area contributed by atoms with Crippen molar-refractivity contribution in [2.75, 3.05) is 18.5 Å². The fourth-order valence-corrected chi connectivity index (χ4v) is 2.38. The van der Waals surface area contributed by atoms with Crippen LogP contribution in [0.3, 0.4) is 0 Å². The van der Waals surface area contributed by atoms with E-state index in [-0.39, 0.29) is 11.6 Å². The summed E-state index contributed by atoms with van der Waals surface area (Å²) >= 11 is 5.72. The number of imide groups is 1. The maximum Gasteiger partial charge on any atom is 0.418 e. The van der Waals surface area contributed by atoms with Gasteiger partial charge in [-0.05, 0) is 39.0 Å². The Morgan fingerprint density at radius 1 is 1.40 bits per heavy atom. The fourth-order valence-electron chi connectivity index (χ4n) is 2.21. The summed E-state index contributed by atoms with van der Waals surface area (Å²) < 4.78 is 18.4. The Hall–Kier alpha value is -2.35. The summed E-state index contributed by atoms with van der Waals surface area (Å²) in [5, 5.41) is 2.31. The third kappa shape index (κ3) is 4.39. The molecule has 1 fully saturated rings. The number of anilines is 1. The predicted molar refractivity (Wildman–Crippen MR) is 90.1 cm³/mol. The van der Waals surface area contributed by atoms with E-state index in [1.54, 1.807) is 20.8 Å². The number of halogens is 2. The molecule has 25 heavy (non-hydrogen) atoms. The summed E-state index contributed by atoms with van der Waals surface area (Å²) in [6.07, 6.45) is -0.826. The molecule has 1 aromatic carbocycles. The van der Waals surface area contributed by atoms with Crippen LogP contribution in [0.4, 0.5) is 19.7 Å². The zero-order valence-corrected chi connectivity index (χ0v) is 15.1. The van der Waals surface area contributed by atoms with E-state index in [0.29, 0.717) is 5.69 Å². The van der Waals surface area contributed by atoms with Gasteiger partial charge in [0.15, 0.2) is 0 Å². The van der Waals surface area contributed by atoms with E-state index >= 15 is 0 Å². The monoisotopic (exact) mass is 371 g/mol. The van der Waals surface area contributed by atoms with Crippen LogP contribution in [0.2, 0.25) is 5.02 Å². The Morgan fingerprint density at radius 3 is 2.60 bits per heavy atom. The van der Waals surface area contributed by atoms with Crippen molar-refractivity contribution >= 4 is 35.3 Å². The van der Waals surface area contributed by atoms with Gasteiger partial charge in [-0.3, -0.25) is 4.79 Å². The Balaban J connectivity index is 2.09. The van der Waals surface area contributed by atoms with Gasteiger partial charge in [-0.25, -0.2) is 18.9 Å².